The number of nitriles is 1. The molecule has 0 aromatic carbocycles. The van der Waals surface area contributed by atoms with Crippen LogP contribution in [0.2, 0.25) is 0 Å². The molecule has 1 rings (SSSR count). The maximum absolute atomic E-state index is 11.4. The molecule has 1 fully saturated rings. The Balaban J connectivity index is 2.69. The number of carbonyl (C=O) groups is 2. The molecule has 0 radical (unpaired) electrons. The van der Waals surface area contributed by atoms with Gasteiger partial charge in [0.15, 0.2) is 0 Å². The molecule has 0 aromatic rings. The summed E-state index contributed by atoms with van der Waals surface area (Å²) in [6, 6.07) is 1.85. The number of aliphatic carboxylic acids is 1. The number of rotatable bonds is 3. The van der Waals surface area contributed by atoms with E-state index in [2.05, 4.69) is 0 Å². The Hall–Kier alpha value is -1.61. The summed E-state index contributed by atoms with van der Waals surface area (Å²) < 4.78 is 0. The van der Waals surface area contributed by atoms with Gasteiger partial charge in [-0.3, -0.25) is 4.79 Å². The lowest BCUT2D eigenvalue weighted by Gasteiger charge is -2.17. The number of aliphatic hydroxyl groups is 1. The van der Waals surface area contributed by atoms with Crippen molar-refractivity contribution in [2.24, 2.45) is 0 Å². The minimum atomic E-state index is -2.28. The fourth-order valence-corrected chi connectivity index (χ4v) is 1.36. The number of carbonyl (C=O) groups excluding carboxylic acids is 1. The van der Waals surface area contributed by atoms with E-state index in [0.717, 1.165) is 0 Å². The van der Waals surface area contributed by atoms with E-state index in [9.17, 15) is 14.7 Å². The van der Waals surface area contributed by atoms with Crippen molar-refractivity contribution in [2.75, 3.05) is 13.1 Å². The van der Waals surface area contributed by atoms with E-state index in [0.29, 0.717) is 0 Å². The Kier molecular flexibility index (Phi) is 2.72. The molecule has 6 heteroatoms. The molecule has 1 saturated heterocycles. The van der Waals surface area contributed by atoms with Crippen LogP contribution >= 0.6 is 0 Å². The summed E-state index contributed by atoms with van der Waals surface area (Å²) in [4.78, 5) is 23.1. The largest absolute Gasteiger partial charge is 0.479 e. The first-order chi connectivity index (χ1) is 6.52. The first-order valence-corrected chi connectivity index (χ1v) is 4.14. The van der Waals surface area contributed by atoms with Crippen molar-refractivity contribution in [3.8, 4) is 6.07 Å². The van der Waals surface area contributed by atoms with Crippen molar-refractivity contribution in [3.63, 3.8) is 0 Å². The minimum absolute atomic E-state index is 0.118. The van der Waals surface area contributed by atoms with Crippen LogP contribution in [-0.4, -0.2) is 45.7 Å². The fourth-order valence-electron chi connectivity index (χ4n) is 1.36. The van der Waals surface area contributed by atoms with Gasteiger partial charge in [-0.1, -0.05) is 0 Å². The van der Waals surface area contributed by atoms with Crippen molar-refractivity contribution in [3.05, 3.63) is 0 Å². The summed E-state index contributed by atoms with van der Waals surface area (Å²) >= 11 is 0. The van der Waals surface area contributed by atoms with E-state index >= 15 is 0 Å². The predicted octanol–water partition coefficient (Wildman–Crippen LogP) is -1.05. The van der Waals surface area contributed by atoms with Crippen LogP contribution in [0.15, 0.2) is 0 Å². The molecule has 0 aliphatic carbocycles. The van der Waals surface area contributed by atoms with Crippen LogP contribution in [0.3, 0.4) is 0 Å². The smallest absolute Gasteiger partial charge is 0.345 e. The number of carboxylic acid groups (broad SMARTS) is 1. The molecule has 1 amide bonds. The molecule has 1 unspecified atom stereocenters. The van der Waals surface area contributed by atoms with E-state index in [1.54, 1.807) is 0 Å². The molecule has 0 spiro atoms. The first-order valence-electron chi connectivity index (χ1n) is 4.14. The monoisotopic (exact) mass is 198 g/mol. The number of likely N-dealkylation sites (tertiary alicyclic amines) is 1. The van der Waals surface area contributed by atoms with Gasteiger partial charge in [-0.25, -0.2) is 4.79 Å². The molecule has 76 valence electrons. The molecule has 6 nitrogen and oxygen atoms in total. The quantitative estimate of drug-likeness (QED) is 0.563. The second kappa shape index (κ2) is 3.64. The third-order valence-corrected chi connectivity index (χ3v) is 2.23. The van der Waals surface area contributed by atoms with Crippen molar-refractivity contribution in [1.82, 2.24) is 4.90 Å². The summed E-state index contributed by atoms with van der Waals surface area (Å²) in [7, 11) is 0. The topological polar surface area (TPSA) is 102 Å². The summed E-state index contributed by atoms with van der Waals surface area (Å²) in [5, 5.41) is 26.3. The first kappa shape index (κ1) is 10.5. The second-order valence-electron chi connectivity index (χ2n) is 3.12. The van der Waals surface area contributed by atoms with Crippen LogP contribution in [0, 0.1) is 11.3 Å². The normalized spacial score (nSPS) is 26.3. The summed E-state index contributed by atoms with van der Waals surface area (Å²) in [5.41, 5.74) is -2.28. The van der Waals surface area contributed by atoms with E-state index < -0.39 is 17.5 Å². The van der Waals surface area contributed by atoms with Crippen molar-refractivity contribution < 1.29 is 19.8 Å². The van der Waals surface area contributed by atoms with Gasteiger partial charge in [0.2, 0.25) is 5.60 Å². The third-order valence-electron chi connectivity index (χ3n) is 2.23. The van der Waals surface area contributed by atoms with Gasteiger partial charge in [0.25, 0.3) is 5.91 Å². The van der Waals surface area contributed by atoms with Crippen LogP contribution in [-0.2, 0) is 9.59 Å². The lowest BCUT2D eigenvalue weighted by molar-refractivity contribution is -0.165. The molecule has 1 aliphatic rings. The van der Waals surface area contributed by atoms with Crippen molar-refractivity contribution >= 4 is 11.9 Å². The number of nitrogens with zero attached hydrogens (tertiary/aromatic N) is 2. The van der Waals surface area contributed by atoms with Gasteiger partial charge >= 0.3 is 5.97 Å². The molecular weight excluding hydrogens is 188 g/mol. The standard InChI is InChI=1S/C8H10N2O4/c9-3-1-4-10-5-2-8(14,6(10)11)7(12)13/h14H,1-2,4-5H2,(H,12,13). The fraction of sp³-hybridized carbons (Fsp3) is 0.625. The maximum atomic E-state index is 11.4. The molecule has 14 heavy (non-hydrogen) atoms. The highest BCUT2D eigenvalue weighted by Gasteiger charge is 2.51. The molecule has 1 aliphatic heterocycles. The van der Waals surface area contributed by atoms with Gasteiger partial charge in [-0.15, -0.1) is 0 Å². The van der Waals surface area contributed by atoms with Crippen LogP contribution < -0.4 is 0 Å². The number of hydrogen-bond acceptors (Lipinski definition) is 4. The van der Waals surface area contributed by atoms with Gasteiger partial charge in [-0.05, 0) is 0 Å². The van der Waals surface area contributed by atoms with Gasteiger partial charge in [0.05, 0.1) is 12.5 Å². The van der Waals surface area contributed by atoms with Crippen LogP contribution in [0.4, 0.5) is 0 Å². The Morgan fingerprint density at radius 2 is 2.36 bits per heavy atom. The van der Waals surface area contributed by atoms with Crippen molar-refractivity contribution in [2.45, 2.75) is 18.4 Å². The molecule has 1 heterocycles. The van der Waals surface area contributed by atoms with E-state index in [4.69, 9.17) is 10.4 Å². The summed E-state index contributed by atoms with van der Waals surface area (Å²) in [6.07, 6.45) is 0.0219. The molecule has 2 N–H and O–H groups in total. The van der Waals surface area contributed by atoms with Gasteiger partial charge in [-0.2, -0.15) is 5.26 Å². The Bertz CT molecular complexity index is 309. The molecular formula is C8H10N2O4. The zero-order valence-corrected chi connectivity index (χ0v) is 7.43. The lowest BCUT2D eigenvalue weighted by atomic mass is 10.0. The highest BCUT2D eigenvalue weighted by molar-refractivity contribution is 6.06. The minimum Gasteiger partial charge on any atom is -0.479 e. The molecule has 1 atom stereocenters. The lowest BCUT2D eigenvalue weighted by Crippen LogP contribution is -2.46. The van der Waals surface area contributed by atoms with Crippen molar-refractivity contribution in [1.29, 1.82) is 5.26 Å². The van der Waals surface area contributed by atoms with Crippen LogP contribution in [0.1, 0.15) is 12.8 Å². The SMILES string of the molecule is N#CCCN1CCC(O)(C(=O)O)C1=O. The number of hydrogen-bond donors (Lipinski definition) is 2. The van der Waals surface area contributed by atoms with Gasteiger partial charge in [0.1, 0.15) is 0 Å². The maximum Gasteiger partial charge on any atom is 0.345 e. The zero-order valence-electron chi connectivity index (χ0n) is 7.43. The third kappa shape index (κ3) is 1.54. The summed E-state index contributed by atoms with van der Waals surface area (Å²) in [6.45, 7) is 0.355. The van der Waals surface area contributed by atoms with Gasteiger partial charge in [0, 0.05) is 19.5 Å². The average Bonchev–Trinajstić information content (AvgIpc) is 2.43. The molecule has 0 aromatic heterocycles. The average molecular weight is 198 g/mol. The van der Waals surface area contributed by atoms with E-state index in [1.165, 1.54) is 4.90 Å². The number of carboxylic acids is 1. The second-order valence-corrected chi connectivity index (χ2v) is 3.12. The van der Waals surface area contributed by atoms with E-state index in [-0.39, 0.29) is 25.9 Å². The zero-order chi connectivity index (χ0) is 10.8. The Morgan fingerprint density at radius 1 is 1.71 bits per heavy atom. The highest BCUT2D eigenvalue weighted by atomic mass is 16.4. The van der Waals surface area contributed by atoms with E-state index in [1.807, 2.05) is 6.07 Å². The molecule has 0 saturated carbocycles. The Morgan fingerprint density at radius 3 is 2.79 bits per heavy atom. The number of amides is 1. The predicted molar refractivity (Wildman–Crippen MR) is 44.0 cm³/mol. The summed E-state index contributed by atoms with van der Waals surface area (Å²) in [5.74, 6) is -2.35. The van der Waals surface area contributed by atoms with Crippen LogP contribution in [0.25, 0.3) is 0 Å². The van der Waals surface area contributed by atoms with Crippen LogP contribution in [0.5, 0.6) is 0 Å². The Labute approximate surface area is 80.4 Å². The van der Waals surface area contributed by atoms with Gasteiger partial charge < -0.3 is 15.1 Å². The molecule has 0 bridgehead atoms. The highest BCUT2D eigenvalue weighted by Crippen LogP contribution is 2.23.